The Morgan fingerprint density at radius 2 is 2.10 bits per heavy atom. The van der Waals surface area contributed by atoms with Gasteiger partial charge >= 0.3 is 0 Å². The van der Waals surface area contributed by atoms with Crippen LogP contribution in [0.2, 0.25) is 10.0 Å². The summed E-state index contributed by atoms with van der Waals surface area (Å²) in [5.41, 5.74) is 5.82. The van der Waals surface area contributed by atoms with Crippen molar-refractivity contribution in [3.63, 3.8) is 0 Å². The van der Waals surface area contributed by atoms with Gasteiger partial charge in [0.25, 0.3) is 5.91 Å². The first-order valence-electron chi connectivity index (χ1n) is 6.86. The van der Waals surface area contributed by atoms with Crippen LogP contribution in [0, 0.1) is 5.92 Å². The van der Waals surface area contributed by atoms with Gasteiger partial charge < -0.3 is 15.6 Å². The van der Waals surface area contributed by atoms with Gasteiger partial charge in [0.1, 0.15) is 10.8 Å². The molecule has 0 bridgehead atoms. The Bertz CT molecular complexity index is 589. The zero-order chi connectivity index (χ0) is 15.9. The molecule has 1 aromatic rings. The highest BCUT2D eigenvalue weighted by molar-refractivity contribution is 6.43. The van der Waals surface area contributed by atoms with E-state index < -0.39 is 17.6 Å². The summed E-state index contributed by atoms with van der Waals surface area (Å²) in [4.78, 5) is 11.7. The van der Waals surface area contributed by atoms with E-state index in [0.717, 1.165) is 5.56 Å². The zero-order valence-corrected chi connectivity index (χ0v) is 13.8. The Balaban J connectivity index is 2.47. The van der Waals surface area contributed by atoms with Crippen LogP contribution in [0.25, 0.3) is 0 Å². The molecule has 3 N–H and O–H groups in total. The Hall–Kier alpha value is -0.970. The molecule has 1 aromatic carbocycles. The van der Waals surface area contributed by atoms with E-state index in [4.69, 9.17) is 33.7 Å². The monoisotopic (exact) mass is 331 g/mol. The Morgan fingerprint density at radius 3 is 2.62 bits per heavy atom. The lowest BCUT2D eigenvalue weighted by Gasteiger charge is -2.32. The van der Waals surface area contributed by atoms with Crippen molar-refractivity contribution in [3.8, 4) is 5.75 Å². The van der Waals surface area contributed by atoms with Crippen LogP contribution >= 0.6 is 23.2 Å². The number of carbonyl (C=O) groups is 1. The molecule has 0 heterocycles. The maximum Gasteiger partial charge on any atom is 0.261 e. The average molecular weight is 332 g/mol. The molecule has 0 spiro atoms. The molecule has 116 valence electrons. The Kier molecular flexibility index (Phi) is 4.43. The van der Waals surface area contributed by atoms with E-state index in [2.05, 4.69) is 0 Å². The number of benzene rings is 1. The number of rotatable bonds is 4. The number of fused-ring (bicyclic) bond motifs is 1. The Labute approximate surface area is 134 Å². The highest BCUT2D eigenvalue weighted by Gasteiger charge is 2.39. The molecule has 0 aromatic heterocycles. The minimum Gasteiger partial charge on any atom is -0.476 e. The lowest BCUT2D eigenvalue weighted by Crippen LogP contribution is -2.50. The van der Waals surface area contributed by atoms with Crippen molar-refractivity contribution in [1.29, 1.82) is 0 Å². The molecule has 4 nitrogen and oxygen atoms in total. The molecule has 1 amide bonds. The number of ether oxygens (including phenoxy) is 1. The van der Waals surface area contributed by atoms with Gasteiger partial charge in [-0.15, -0.1) is 0 Å². The van der Waals surface area contributed by atoms with Crippen LogP contribution in [-0.4, -0.2) is 16.6 Å². The predicted molar refractivity (Wildman–Crippen MR) is 82.8 cm³/mol. The maximum absolute atomic E-state index is 11.7. The van der Waals surface area contributed by atoms with E-state index in [9.17, 15) is 9.90 Å². The fourth-order valence-electron chi connectivity index (χ4n) is 2.43. The van der Waals surface area contributed by atoms with Gasteiger partial charge in [0.05, 0.1) is 11.1 Å². The van der Waals surface area contributed by atoms with E-state index in [1.54, 1.807) is 13.0 Å². The molecule has 2 atom stereocenters. The van der Waals surface area contributed by atoms with Gasteiger partial charge in [-0.1, -0.05) is 37.0 Å². The first kappa shape index (κ1) is 16.4. The third kappa shape index (κ3) is 2.72. The lowest BCUT2D eigenvalue weighted by molar-refractivity contribution is -0.135. The number of hydrogen-bond donors (Lipinski definition) is 2. The number of nitrogens with two attached hydrogens (primary N) is 1. The molecule has 6 heteroatoms. The van der Waals surface area contributed by atoms with Crippen molar-refractivity contribution >= 4 is 29.1 Å². The third-order valence-corrected chi connectivity index (χ3v) is 5.09. The van der Waals surface area contributed by atoms with E-state index in [0.29, 0.717) is 24.2 Å². The van der Waals surface area contributed by atoms with Crippen molar-refractivity contribution in [2.45, 2.75) is 45.3 Å². The fraction of sp³-hybridized carbons (Fsp3) is 0.533. The molecule has 2 unspecified atom stereocenters. The number of hydrogen-bond acceptors (Lipinski definition) is 3. The number of aryl methyl sites for hydroxylation is 1. The SMILES string of the molecule is CC(C)C(C)(Oc1cc2c(c(Cl)c1Cl)C(O)CC2)C(N)=O. The lowest BCUT2D eigenvalue weighted by atomic mass is 9.91. The van der Waals surface area contributed by atoms with E-state index >= 15 is 0 Å². The van der Waals surface area contributed by atoms with Crippen molar-refractivity contribution in [3.05, 3.63) is 27.2 Å². The van der Waals surface area contributed by atoms with Gasteiger partial charge in [-0.25, -0.2) is 0 Å². The number of amides is 1. The standard InChI is InChI=1S/C15H19Cl2NO3/c1-7(2)15(3,14(18)20)21-10-6-8-4-5-9(19)11(8)13(17)12(10)16/h6-7,9,19H,4-5H2,1-3H3,(H2,18,20). The van der Waals surface area contributed by atoms with Crippen LogP contribution in [0.15, 0.2) is 6.07 Å². The third-order valence-electron chi connectivity index (χ3n) is 4.23. The van der Waals surface area contributed by atoms with Crippen molar-refractivity contribution < 1.29 is 14.6 Å². The summed E-state index contributed by atoms with van der Waals surface area (Å²) in [7, 11) is 0. The van der Waals surface area contributed by atoms with E-state index in [1.165, 1.54) is 0 Å². The van der Waals surface area contributed by atoms with E-state index in [-0.39, 0.29) is 16.0 Å². The quantitative estimate of drug-likeness (QED) is 0.889. The summed E-state index contributed by atoms with van der Waals surface area (Å²) in [5.74, 6) is -0.376. The fourth-order valence-corrected chi connectivity index (χ4v) is 2.96. The molecular weight excluding hydrogens is 313 g/mol. The van der Waals surface area contributed by atoms with E-state index in [1.807, 2.05) is 13.8 Å². The second kappa shape index (κ2) is 5.67. The van der Waals surface area contributed by atoms with Crippen LogP contribution < -0.4 is 10.5 Å². The summed E-state index contributed by atoms with van der Waals surface area (Å²) < 4.78 is 5.82. The molecule has 1 aliphatic rings. The molecule has 0 radical (unpaired) electrons. The number of aliphatic hydroxyl groups excluding tert-OH is 1. The van der Waals surface area contributed by atoms with Gasteiger partial charge in [0.15, 0.2) is 5.60 Å². The number of aliphatic hydroxyl groups is 1. The van der Waals surface area contributed by atoms with Crippen LogP contribution in [0.5, 0.6) is 5.75 Å². The zero-order valence-electron chi connectivity index (χ0n) is 12.2. The number of halogens is 2. The summed E-state index contributed by atoms with van der Waals surface area (Å²) in [6, 6.07) is 1.74. The molecule has 0 aliphatic heterocycles. The smallest absolute Gasteiger partial charge is 0.261 e. The van der Waals surface area contributed by atoms with Crippen LogP contribution in [0.3, 0.4) is 0 Å². The second-order valence-corrected chi connectivity index (χ2v) is 6.61. The molecule has 1 aliphatic carbocycles. The summed E-state index contributed by atoms with van der Waals surface area (Å²) in [6.07, 6.45) is 0.692. The van der Waals surface area contributed by atoms with Crippen LogP contribution in [0.1, 0.15) is 44.4 Å². The van der Waals surface area contributed by atoms with Crippen LogP contribution in [0.4, 0.5) is 0 Å². The number of carbonyl (C=O) groups excluding carboxylic acids is 1. The maximum atomic E-state index is 11.7. The van der Waals surface area contributed by atoms with Crippen molar-refractivity contribution in [2.75, 3.05) is 0 Å². The van der Waals surface area contributed by atoms with Gasteiger partial charge in [-0.2, -0.15) is 0 Å². The molecule has 21 heavy (non-hydrogen) atoms. The van der Waals surface area contributed by atoms with Gasteiger partial charge in [0.2, 0.25) is 0 Å². The molecule has 0 saturated heterocycles. The largest absolute Gasteiger partial charge is 0.476 e. The molecule has 2 rings (SSSR count). The van der Waals surface area contributed by atoms with Crippen molar-refractivity contribution in [1.82, 2.24) is 0 Å². The van der Waals surface area contributed by atoms with Gasteiger partial charge in [0, 0.05) is 11.5 Å². The molecule has 0 saturated carbocycles. The highest BCUT2D eigenvalue weighted by atomic mass is 35.5. The average Bonchev–Trinajstić information content (AvgIpc) is 2.76. The first-order valence-corrected chi connectivity index (χ1v) is 7.61. The summed E-state index contributed by atoms with van der Waals surface area (Å²) in [5, 5.41) is 10.4. The molecular formula is C15H19Cl2NO3. The Morgan fingerprint density at radius 1 is 1.48 bits per heavy atom. The van der Waals surface area contributed by atoms with Crippen LogP contribution in [-0.2, 0) is 11.2 Å². The summed E-state index contributed by atoms with van der Waals surface area (Å²) >= 11 is 12.5. The molecule has 0 fully saturated rings. The highest BCUT2D eigenvalue weighted by Crippen LogP contribution is 2.45. The normalized spacial score (nSPS) is 20.2. The minimum atomic E-state index is -1.18. The first-order chi connectivity index (χ1) is 9.68. The van der Waals surface area contributed by atoms with Gasteiger partial charge in [-0.05, 0) is 31.4 Å². The van der Waals surface area contributed by atoms with Gasteiger partial charge in [-0.3, -0.25) is 4.79 Å². The predicted octanol–water partition coefficient (Wildman–Crippen LogP) is 3.25. The second-order valence-electron chi connectivity index (χ2n) is 5.86. The number of primary amides is 1. The topological polar surface area (TPSA) is 72.6 Å². The minimum absolute atomic E-state index is 0.135. The van der Waals surface area contributed by atoms with Crippen molar-refractivity contribution in [2.24, 2.45) is 11.7 Å². The summed E-state index contributed by atoms with van der Waals surface area (Å²) in [6.45, 7) is 5.32.